The summed E-state index contributed by atoms with van der Waals surface area (Å²) in [6, 6.07) is 15.4. The van der Waals surface area contributed by atoms with Gasteiger partial charge in [-0.3, -0.25) is 0 Å². The highest BCUT2D eigenvalue weighted by atomic mass is 127. The summed E-state index contributed by atoms with van der Waals surface area (Å²) in [6.07, 6.45) is 2.36. The van der Waals surface area contributed by atoms with E-state index in [2.05, 4.69) is 94.4 Å². The Morgan fingerprint density at radius 3 is 2.72 bits per heavy atom. The molecule has 130 valence electrons. The maximum Gasteiger partial charge on any atom is 0.265 e. The maximum absolute atomic E-state index is 2.42. The molecule has 1 aliphatic rings. The minimum Gasteiger partial charge on any atom is -1.00 e. The van der Waals surface area contributed by atoms with Gasteiger partial charge in [0.15, 0.2) is 0 Å². The van der Waals surface area contributed by atoms with E-state index in [1.807, 2.05) is 23.1 Å². The lowest BCUT2D eigenvalue weighted by Crippen LogP contribution is -3.00. The Kier molecular flexibility index (Phi) is 6.13. The highest BCUT2D eigenvalue weighted by molar-refractivity contribution is 14.1. The van der Waals surface area contributed by atoms with Crippen LogP contribution in [0.25, 0.3) is 16.3 Å². The van der Waals surface area contributed by atoms with Crippen molar-refractivity contribution >= 4 is 67.7 Å². The molecule has 1 aliphatic heterocycles. The van der Waals surface area contributed by atoms with Gasteiger partial charge in [0.2, 0.25) is 5.52 Å². The summed E-state index contributed by atoms with van der Waals surface area (Å²) in [6.45, 7) is 6.42. The second-order valence-corrected chi connectivity index (χ2v) is 8.96. The summed E-state index contributed by atoms with van der Waals surface area (Å²) < 4.78 is 5.05. The molecule has 0 fully saturated rings. The van der Waals surface area contributed by atoms with Crippen molar-refractivity contribution in [3.05, 3.63) is 56.1 Å². The molecule has 0 bridgehead atoms. The molecule has 0 radical (unpaired) electrons. The lowest BCUT2D eigenvalue weighted by Gasteiger charge is -2.17. The van der Waals surface area contributed by atoms with Crippen LogP contribution in [0.1, 0.15) is 18.9 Å². The van der Waals surface area contributed by atoms with Gasteiger partial charge in [0.05, 0.1) is 16.8 Å². The summed E-state index contributed by atoms with van der Waals surface area (Å²) in [5.74, 6) is 0. The molecule has 2 nitrogen and oxygen atoms in total. The zero-order chi connectivity index (χ0) is 16.7. The molecule has 0 saturated heterocycles. The molecular formula is C19H18BrIN2S2. The molecule has 0 unspecified atom stereocenters. The van der Waals surface area contributed by atoms with E-state index in [4.69, 9.17) is 0 Å². The highest BCUT2D eigenvalue weighted by Crippen LogP contribution is 2.47. The number of benzene rings is 2. The Balaban J connectivity index is 0.00000182. The molecule has 6 heteroatoms. The number of thioether (sulfide) groups is 1. The number of halogens is 2. The zero-order valence-corrected chi connectivity index (χ0v) is 19.4. The Bertz CT molecular complexity index is 952. The van der Waals surface area contributed by atoms with Crippen molar-refractivity contribution in [1.29, 1.82) is 0 Å². The van der Waals surface area contributed by atoms with Crippen LogP contribution in [0.15, 0.2) is 52.4 Å². The molecule has 25 heavy (non-hydrogen) atoms. The number of aryl methyl sites for hydroxylation is 1. The second-order valence-electron chi connectivity index (χ2n) is 5.59. The van der Waals surface area contributed by atoms with E-state index < -0.39 is 0 Å². The number of fused-ring (bicyclic) bond motifs is 2. The number of thiazole rings is 1. The van der Waals surface area contributed by atoms with Gasteiger partial charge in [0, 0.05) is 21.1 Å². The molecule has 0 spiro atoms. The van der Waals surface area contributed by atoms with E-state index in [1.54, 1.807) is 0 Å². The average molecular weight is 545 g/mol. The highest BCUT2D eigenvalue weighted by Gasteiger charge is 2.26. The first kappa shape index (κ1) is 19.2. The van der Waals surface area contributed by atoms with E-state index >= 15 is 0 Å². The van der Waals surface area contributed by atoms with E-state index in [9.17, 15) is 0 Å². The molecule has 2 heterocycles. The molecule has 1 aromatic heterocycles. The molecule has 2 aromatic carbocycles. The normalized spacial score (nSPS) is 14.8. The van der Waals surface area contributed by atoms with E-state index in [-0.39, 0.29) is 17.0 Å². The van der Waals surface area contributed by atoms with Gasteiger partial charge >= 0.3 is 0 Å². The standard InChI is InChI=1S/C19H18IN2S2.BrH/c1-3-21-14-7-5-6-8-16(14)23-18(21)12-19-22(4-2)15-11-13(20)9-10-17(15)24-19;/h5-12H,3-4H2,1-2H3;1H/q+1;/p-1. The van der Waals surface area contributed by atoms with Gasteiger partial charge in [-0.25, -0.2) is 0 Å². The average Bonchev–Trinajstić information content (AvgIpc) is 3.11. The van der Waals surface area contributed by atoms with Crippen LogP contribution in [0.4, 0.5) is 5.69 Å². The number of nitrogens with zero attached hydrogens (tertiary/aromatic N) is 2. The summed E-state index contributed by atoms with van der Waals surface area (Å²) >= 11 is 6.15. The van der Waals surface area contributed by atoms with Crippen molar-refractivity contribution < 1.29 is 21.5 Å². The van der Waals surface area contributed by atoms with Crippen molar-refractivity contribution in [2.45, 2.75) is 25.3 Å². The van der Waals surface area contributed by atoms with Gasteiger partial charge in [0.25, 0.3) is 5.01 Å². The molecule has 0 atom stereocenters. The van der Waals surface area contributed by atoms with Crippen molar-refractivity contribution in [3.63, 3.8) is 0 Å². The number of anilines is 1. The van der Waals surface area contributed by atoms with Crippen molar-refractivity contribution in [3.8, 4) is 0 Å². The monoisotopic (exact) mass is 544 g/mol. The lowest BCUT2D eigenvalue weighted by molar-refractivity contribution is -0.665. The van der Waals surface area contributed by atoms with Gasteiger partial charge in [-0.05, 0) is 60.7 Å². The first-order valence-corrected chi connectivity index (χ1v) is 10.8. The third kappa shape index (κ3) is 3.50. The number of rotatable bonds is 3. The molecule has 0 N–H and O–H groups in total. The molecule has 3 aromatic rings. The Hall–Kier alpha value is -0.570. The van der Waals surface area contributed by atoms with Gasteiger partial charge in [0.1, 0.15) is 11.2 Å². The topological polar surface area (TPSA) is 7.12 Å². The summed E-state index contributed by atoms with van der Waals surface area (Å²) in [7, 11) is 0. The predicted molar refractivity (Wildman–Crippen MR) is 114 cm³/mol. The molecule has 0 aliphatic carbocycles. The molecular weight excluding hydrogens is 527 g/mol. The van der Waals surface area contributed by atoms with E-state index in [0.29, 0.717) is 0 Å². The van der Waals surface area contributed by atoms with Crippen LogP contribution in [0.3, 0.4) is 0 Å². The zero-order valence-electron chi connectivity index (χ0n) is 14.0. The first-order chi connectivity index (χ1) is 11.7. The lowest BCUT2D eigenvalue weighted by atomic mass is 10.3. The SMILES string of the molecule is CCN1C(=Cc2sc3ccccc3[n+]2CC)Sc2ccc(I)cc21.[Br-]. The largest absolute Gasteiger partial charge is 1.00 e. The maximum atomic E-state index is 2.42. The fraction of sp³-hybridized carbons (Fsp3) is 0.211. The van der Waals surface area contributed by atoms with Crippen LogP contribution in [0.5, 0.6) is 0 Å². The van der Waals surface area contributed by atoms with Crippen molar-refractivity contribution in [2.75, 3.05) is 11.4 Å². The number of hydrogen-bond donors (Lipinski definition) is 0. The number of aromatic nitrogens is 1. The second kappa shape index (κ2) is 7.98. The fourth-order valence-electron chi connectivity index (χ4n) is 3.10. The van der Waals surface area contributed by atoms with Gasteiger partial charge in [-0.2, -0.15) is 4.57 Å². The van der Waals surface area contributed by atoms with E-state index in [0.717, 1.165) is 13.1 Å². The molecule has 0 amide bonds. The predicted octanol–water partition coefficient (Wildman–Crippen LogP) is 2.75. The summed E-state index contributed by atoms with van der Waals surface area (Å²) in [4.78, 5) is 3.78. The van der Waals surface area contributed by atoms with Crippen LogP contribution in [0.2, 0.25) is 0 Å². The van der Waals surface area contributed by atoms with Crippen molar-refractivity contribution in [1.82, 2.24) is 0 Å². The van der Waals surface area contributed by atoms with Crippen molar-refractivity contribution in [2.24, 2.45) is 0 Å². The quantitative estimate of drug-likeness (QED) is 0.370. The molecule has 0 saturated carbocycles. The first-order valence-electron chi connectivity index (χ1n) is 8.09. The van der Waals surface area contributed by atoms with Crippen LogP contribution in [0, 0.1) is 3.57 Å². The summed E-state index contributed by atoms with van der Waals surface area (Å²) in [5, 5.41) is 2.64. The smallest absolute Gasteiger partial charge is 0.265 e. The Morgan fingerprint density at radius 2 is 1.96 bits per heavy atom. The summed E-state index contributed by atoms with van der Waals surface area (Å²) in [5.41, 5.74) is 2.67. The number of hydrogen-bond acceptors (Lipinski definition) is 3. The minimum atomic E-state index is 0. The van der Waals surface area contributed by atoms with Crippen LogP contribution in [-0.4, -0.2) is 6.54 Å². The number of para-hydroxylation sites is 1. The van der Waals surface area contributed by atoms with Gasteiger partial charge in [-0.15, -0.1) is 0 Å². The third-order valence-electron chi connectivity index (χ3n) is 4.21. The van der Waals surface area contributed by atoms with E-state index in [1.165, 1.54) is 34.4 Å². The van der Waals surface area contributed by atoms with Crippen LogP contribution in [-0.2, 0) is 6.54 Å². The third-order valence-corrected chi connectivity index (χ3v) is 7.10. The fourth-order valence-corrected chi connectivity index (χ4v) is 5.96. The van der Waals surface area contributed by atoms with Crippen LogP contribution >= 0.6 is 45.7 Å². The Labute approximate surface area is 180 Å². The van der Waals surface area contributed by atoms with Gasteiger partial charge in [-0.1, -0.05) is 35.2 Å². The Morgan fingerprint density at radius 1 is 1.16 bits per heavy atom. The van der Waals surface area contributed by atoms with Crippen LogP contribution < -0.4 is 26.4 Å². The molecule has 4 rings (SSSR count). The van der Waals surface area contributed by atoms with Gasteiger partial charge < -0.3 is 21.9 Å². The minimum absolute atomic E-state index is 0.